The number of nitrogens with zero attached hydrogens (tertiary/aromatic N) is 1. The summed E-state index contributed by atoms with van der Waals surface area (Å²) in [4.78, 5) is 24.0. The lowest BCUT2D eigenvalue weighted by molar-refractivity contribution is -0.140. The maximum absolute atomic E-state index is 12.0. The predicted octanol–water partition coefficient (Wildman–Crippen LogP) is 2.93. The third-order valence-corrected chi connectivity index (χ3v) is 5.61. The third kappa shape index (κ3) is 3.38. The van der Waals surface area contributed by atoms with Crippen LogP contribution in [0.15, 0.2) is 19.9 Å². The minimum atomic E-state index is -1.10. The number of hydrogen-bond donors (Lipinski definition) is 1. The highest BCUT2D eigenvalue weighted by molar-refractivity contribution is 14.1. The molecule has 0 saturated carbocycles. The summed E-state index contributed by atoms with van der Waals surface area (Å²) in [7, 11) is 0. The molecule has 19 heavy (non-hydrogen) atoms. The van der Waals surface area contributed by atoms with Crippen LogP contribution in [-0.2, 0) is 9.59 Å². The smallest absolute Gasteiger partial charge is 0.323 e. The molecular weight excluding hydrogens is 469 g/mol. The van der Waals surface area contributed by atoms with Crippen LogP contribution in [0, 0.1) is 3.77 Å². The number of carboxylic acids is 1. The molecule has 0 aliphatic carbocycles. The highest BCUT2D eigenvalue weighted by Gasteiger charge is 2.33. The van der Waals surface area contributed by atoms with Gasteiger partial charge in [-0.2, -0.15) is 0 Å². The first kappa shape index (κ1) is 15.0. The van der Waals surface area contributed by atoms with Crippen molar-refractivity contribution in [3.63, 3.8) is 0 Å². The van der Waals surface area contributed by atoms with Gasteiger partial charge < -0.3 is 9.52 Å². The van der Waals surface area contributed by atoms with E-state index in [9.17, 15) is 9.59 Å². The van der Waals surface area contributed by atoms with Crippen LogP contribution >= 0.6 is 62.5 Å². The quantitative estimate of drug-likeness (QED) is 0.413. The van der Waals surface area contributed by atoms with Gasteiger partial charge in [0.05, 0.1) is 9.38 Å². The molecule has 1 N–H and O–H groups in total. The van der Waals surface area contributed by atoms with Crippen LogP contribution in [0.5, 0.6) is 0 Å². The molecule has 1 aromatic heterocycles. The van der Waals surface area contributed by atoms with E-state index in [0.717, 1.165) is 21.1 Å². The zero-order chi connectivity index (χ0) is 14.2. The van der Waals surface area contributed by atoms with E-state index in [1.54, 1.807) is 12.1 Å². The fourth-order valence-electron chi connectivity index (χ4n) is 1.34. The van der Waals surface area contributed by atoms with Crippen LogP contribution < -0.4 is 0 Å². The Labute approximate surface area is 139 Å². The molecule has 1 saturated heterocycles. The van der Waals surface area contributed by atoms with Crippen molar-refractivity contribution in [1.29, 1.82) is 0 Å². The van der Waals surface area contributed by atoms with Gasteiger partial charge in [0, 0.05) is 28.7 Å². The van der Waals surface area contributed by atoms with Crippen LogP contribution in [-0.4, -0.2) is 32.7 Å². The molecule has 0 bridgehead atoms. The summed E-state index contributed by atoms with van der Waals surface area (Å²) in [6, 6.07) is 1.73. The van der Waals surface area contributed by atoms with Crippen molar-refractivity contribution >= 4 is 84.8 Å². The fourth-order valence-corrected chi connectivity index (χ4v) is 3.29. The van der Waals surface area contributed by atoms with Crippen molar-refractivity contribution < 1.29 is 19.1 Å². The minimum absolute atomic E-state index is 0.235. The number of hydrogen-bond acceptors (Lipinski definition) is 5. The largest absolute Gasteiger partial charge is 0.480 e. The minimum Gasteiger partial charge on any atom is -0.480 e. The molecule has 0 radical (unpaired) electrons. The molecule has 1 aliphatic heterocycles. The highest BCUT2D eigenvalue weighted by Crippen LogP contribution is 2.33. The standard InChI is InChI=1S/C10H5BrINO4S2/c11-5-1-4(17-8(5)12)2-6-9(16)13(3-7(14)15)10(18)19-6/h1-2H,3H2,(H,14,15)/b6-2+. The van der Waals surface area contributed by atoms with E-state index in [1.165, 1.54) is 0 Å². The van der Waals surface area contributed by atoms with Crippen molar-refractivity contribution in [1.82, 2.24) is 4.90 Å². The molecule has 100 valence electrons. The van der Waals surface area contributed by atoms with Crippen LogP contribution in [0.4, 0.5) is 0 Å². The summed E-state index contributed by atoms with van der Waals surface area (Å²) >= 11 is 11.4. The van der Waals surface area contributed by atoms with E-state index in [-0.39, 0.29) is 4.32 Å². The number of aliphatic carboxylic acids is 1. The second kappa shape index (κ2) is 5.94. The Hall–Kier alpha value is -0.390. The van der Waals surface area contributed by atoms with Gasteiger partial charge in [0.1, 0.15) is 16.6 Å². The van der Waals surface area contributed by atoms with Crippen molar-refractivity contribution in [3.05, 3.63) is 25.0 Å². The predicted molar refractivity (Wildman–Crippen MR) is 86.6 cm³/mol. The topological polar surface area (TPSA) is 70.8 Å². The lowest BCUT2D eigenvalue weighted by atomic mass is 10.3. The monoisotopic (exact) mass is 473 g/mol. The van der Waals surface area contributed by atoms with Crippen LogP contribution in [0.2, 0.25) is 0 Å². The summed E-state index contributed by atoms with van der Waals surface area (Å²) in [5.41, 5.74) is 0. The first-order valence-corrected chi connectivity index (χ1v) is 7.90. The summed E-state index contributed by atoms with van der Waals surface area (Å²) in [6.07, 6.45) is 1.55. The van der Waals surface area contributed by atoms with Crippen molar-refractivity contribution in [2.24, 2.45) is 0 Å². The normalized spacial score (nSPS) is 17.6. The first-order valence-electron chi connectivity index (χ1n) is 4.80. The van der Waals surface area contributed by atoms with Gasteiger partial charge >= 0.3 is 5.97 Å². The maximum atomic E-state index is 12.0. The van der Waals surface area contributed by atoms with Crippen molar-refractivity contribution in [3.8, 4) is 0 Å². The average Bonchev–Trinajstić information content (AvgIpc) is 2.74. The second-order valence-corrected chi connectivity index (χ2v) is 6.94. The first-order chi connectivity index (χ1) is 8.88. The maximum Gasteiger partial charge on any atom is 0.323 e. The number of carbonyl (C=O) groups is 2. The number of carboxylic acid groups (broad SMARTS) is 1. The number of furan rings is 1. The molecular formula is C10H5BrINO4S2. The summed E-state index contributed by atoms with van der Waals surface area (Å²) in [5.74, 6) is -1.01. The molecule has 9 heteroatoms. The fraction of sp³-hybridized carbons (Fsp3) is 0.100. The van der Waals surface area contributed by atoms with Crippen LogP contribution in [0.1, 0.15) is 5.76 Å². The Kier molecular flexibility index (Phi) is 4.69. The van der Waals surface area contributed by atoms with E-state index in [0.29, 0.717) is 14.4 Å². The van der Waals surface area contributed by atoms with Crippen molar-refractivity contribution in [2.75, 3.05) is 6.54 Å². The highest BCUT2D eigenvalue weighted by atomic mass is 127. The Morgan fingerprint density at radius 1 is 1.68 bits per heavy atom. The molecule has 2 rings (SSSR count). The number of thioether (sulfide) groups is 1. The molecule has 0 unspecified atom stereocenters. The molecule has 1 aliphatic rings. The second-order valence-electron chi connectivity index (χ2n) is 3.43. The molecule has 2 heterocycles. The number of thiocarbonyl (C=S) groups is 1. The van der Waals surface area contributed by atoms with Gasteiger partial charge in [0.15, 0.2) is 3.77 Å². The average molecular weight is 474 g/mol. The SMILES string of the molecule is O=C(O)CN1C(=O)/C(=C\c2cc(Br)c(I)o2)SC1=S. The molecule has 5 nitrogen and oxygen atoms in total. The van der Waals surface area contributed by atoms with E-state index in [1.807, 2.05) is 22.6 Å². The van der Waals surface area contributed by atoms with E-state index in [2.05, 4.69) is 15.9 Å². The van der Waals surface area contributed by atoms with Crippen molar-refractivity contribution in [2.45, 2.75) is 0 Å². The van der Waals surface area contributed by atoms with Crippen LogP contribution in [0.3, 0.4) is 0 Å². The zero-order valence-corrected chi connectivity index (χ0v) is 14.4. The Morgan fingerprint density at radius 2 is 2.37 bits per heavy atom. The molecule has 1 aromatic rings. The van der Waals surface area contributed by atoms with Gasteiger partial charge in [0.2, 0.25) is 0 Å². The molecule has 1 amide bonds. The van der Waals surface area contributed by atoms with Gasteiger partial charge in [-0.15, -0.1) is 0 Å². The number of carbonyl (C=O) groups excluding carboxylic acids is 1. The molecule has 0 aromatic carbocycles. The van der Waals surface area contributed by atoms with Gasteiger partial charge in [-0.3, -0.25) is 14.5 Å². The summed E-state index contributed by atoms with van der Waals surface area (Å²) < 4.78 is 7.09. The lowest BCUT2D eigenvalue weighted by Crippen LogP contribution is -2.33. The summed E-state index contributed by atoms with van der Waals surface area (Å²) in [5, 5.41) is 8.72. The number of amides is 1. The number of rotatable bonds is 3. The lowest BCUT2D eigenvalue weighted by Gasteiger charge is -2.09. The van der Waals surface area contributed by atoms with Gasteiger partial charge in [-0.05, 0) is 22.0 Å². The molecule has 0 atom stereocenters. The van der Waals surface area contributed by atoms with Gasteiger partial charge in [-0.25, -0.2) is 0 Å². The van der Waals surface area contributed by atoms with Gasteiger partial charge in [-0.1, -0.05) is 24.0 Å². The zero-order valence-electron chi connectivity index (χ0n) is 9.05. The molecule has 0 spiro atoms. The van der Waals surface area contributed by atoms with E-state index >= 15 is 0 Å². The Morgan fingerprint density at radius 3 is 2.89 bits per heavy atom. The summed E-state index contributed by atoms with van der Waals surface area (Å²) in [6.45, 7) is -0.429. The Balaban J connectivity index is 2.25. The van der Waals surface area contributed by atoms with Gasteiger partial charge in [0.25, 0.3) is 5.91 Å². The molecule has 1 fully saturated rings. The third-order valence-electron chi connectivity index (χ3n) is 2.10. The van der Waals surface area contributed by atoms with Crippen LogP contribution in [0.25, 0.3) is 6.08 Å². The number of halogens is 2. The Bertz CT molecular complexity index is 593. The van der Waals surface area contributed by atoms with E-state index in [4.69, 9.17) is 21.7 Å². The van der Waals surface area contributed by atoms with E-state index < -0.39 is 18.4 Å².